The molecule has 3 aliphatic rings. The molecule has 0 N–H and O–H groups in total. The molecule has 0 bridgehead atoms. The number of nitrogens with zero attached hydrogens (tertiary/aromatic N) is 2. The quantitative estimate of drug-likeness (QED) is 0.624. The van der Waals surface area contributed by atoms with Gasteiger partial charge in [-0.2, -0.15) is 0 Å². The summed E-state index contributed by atoms with van der Waals surface area (Å²) < 4.78 is 0. The molecule has 2 heterocycles. The molecule has 0 spiro atoms. The molecule has 0 saturated carbocycles. The first kappa shape index (κ1) is 10.8. The number of likely N-dealkylation sites (N-methyl/N-ethyl adjacent to an activating group) is 1. The second kappa shape index (κ2) is 4.50. The van der Waals surface area contributed by atoms with Crippen molar-refractivity contribution < 1.29 is 0 Å². The summed E-state index contributed by atoms with van der Waals surface area (Å²) in [7, 11) is 2.30. The van der Waals surface area contributed by atoms with Crippen LogP contribution in [0.1, 0.15) is 25.7 Å². The van der Waals surface area contributed by atoms with Crippen LogP contribution >= 0.6 is 0 Å². The van der Waals surface area contributed by atoms with Crippen LogP contribution in [-0.4, -0.2) is 49.1 Å². The first-order valence-electron chi connectivity index (χ1n) is 6.92. The highest BCUT2D eigenvalue weighted by Crippen LogP contribution is 2.36. The Hall–Kier alpha value is -0.340. The molecule has 0 radical (unpaired) electrons. The normalized spacial score (nSPS) is 41.2. The Morgan fingerprint density at radius 2 is 1.75 bits per heavy atom. The van der Waals surface area contributed by atoms with Crippen molar-refractivity contribution in [1.82, 2.24) is 9.80 Å². The summed E-state index contributed by atoms with van der Waals surface area (Å²) in [5.74, 6) is 1.87. The van der Waals surface area contributed by atoms with Crippen LogP contribution in [0, 0.1) is 11.8 Å². The van der Waals surface area contributed by atoms with E-state index in [9.17, 15) is 0 Å². The summed E-state index contributed by atoms with van der Waals surface area (Å²) in [5, 5.41) is 0. The van der Waals surface area contributed by atoms with Gasteiger partial charge in [-0.1, -0.05) is 12.2 Å². The maximum Gasteiger partial charge on any atom is 0.0257 e. The SMILES string of the molecule is CN1CC2CC=CC[C@@H]2[C@@H](N2CCCC2)C1. The van der Waals surface area contributed by atoms with Crippen LogP contribution in [-0.2, 0) is 0 Å². The molecule has 0 aromatic heterocycles. The zero-order chi connectivity index (χ0) is 11.0. The lowest BCUT2D eigenvalue weighted by molar-refractivity contribution is 0.0351. The van der Waals surface area contributed by atoms with Gasteiger partial charge in [-0.05, 0) is 57.7 Å². The fourth-order valence-electron chi connectivity index (χ4n) is 3.96. The lowest BCUT2D eigenvalue weighted by atomic mass is 9.75. The molecular formula is C14H24N2. The van der Waals surface area contributed by atoms with Crippen molar-refractivity contribution in [1.29, 1.82) is 0 Å². The Balaban J connectivity index is 1.76. The second-order valence-electron chi connectivity index (χ2n) is 5.90. The molecule has 0 aromatic rings. The predicted octanol–water partition coefficient (Wildman–Crippen LogP) is 1.98. The molecule has 2 aliphatic heterocycles. The van der Waals surface area contributed by atoms with Gasteiger partial charge < -0.3 is 4.90 Å². The highest BCUT2D eigenvalue weighted by atomic mass is 15.2. The largest absolute Gasteiger partial charge is 0.305 e. The molecule has 2 heteroatoms. The standard InChI is InChI=1S/C14H24N2/c1-15-10-12-6-2-3-7-13(12)14(11-15)16-8-4-5-9-16/h2-3,12-14H,4-11H2,1H3/t12?,13-,14-/m0/s1. The van der Waals surface area contributed by atoms with Crippen LogP contribution in [0.3, 0.4) is 0 Å². The van der Waals surface area contributed by atoms with E-state index in [0.717, 1.165) is 17.9 Å². The third-order valence-corrected chi connectivity index (χ3v) is 4.77. The van der Waals surface area contributed by atoms with Crippen molar-refractivity contribution in [3.05, 3.63) is 12.2 Å². The minimum atomic E-state index is 0.844. The Morgan fingerprint density at radius 1 is 1.00 bits per heavy atom. The summed E-state index contributed by atoms with van der Waals surface area (Å²) >= 11 is 0. The van der Waals surface area contributed by atoms with Gasteiger partial charge in [0, 0.05) is 19.1 Å². The van der Waals surface area contributed by atoms with Crippen LogP contribution in [0.5, 0.6) is 0 Å². The van der Waals surface area contributed by atoms with Gasteiger partial charge in [0.1, 0.15) is 0 Å². The third-order valence-electron chi connectivity index (χ3n) is 4.77. The molecule has 3 rings (SSSR count). The minimum Gasteiger partial charge on any atom is -0.305 e. The van der Waals surface area contributed by atoms with Gasteiger partial charge in [0.25, 0.3) is 0 Å². The zero-order valence-electron chi connectivity index (χ0n) is 10.4. The minimum absolute atomic E-state index is 0.844. The number of likely N-dealkylation sites (tertiary alicyclic amines) is 2. The molecule has 16 heavy (non-hydrogen) atoms. The molecule has 2 saturated heterocycles. The molecule has 0 amide bonds. The Labute approximate surface area is 99.3 Å². The summed E-state index contributed by atoms with van der Waals surface area (Å²) in [5.41, 5.74) is 0. The summed E-state index contributed by atoms with van der Waals surface area (Å²) in [6.07, 6.45) is 10.3. The number of hydrogen-bond acceptors (Lipinski definition) is 2. The smallest absolute Gasteiger partial charge is 0.0257 e. The average Bonchev–Trinajstić information content (AvgIpc) is 2.81. The van der Waals surface area contributed by atoms with Crippen molar-refractivity contribution in [2.45, 2.75) is 31.7 Å². The second-order valence-corrected chi connectivity index (χ2v) is 5.90. The molecule has 1 aliphatic carbocycles. The Kier molecular flexibility index (Phi) is 3.03. The van der Waals surface area contributed by atoms with Gasteiger partial charge in [0.05, 0.1) is 0 Å². The lowest BCUT2D eigenvalue weighted by Crippen LogP contribution is -2.55. The third kappa shape index (κ3) is 1.93. The van der Waals surface area contributed by atoms with E-state index in [4.69, 9.17) is 0 Å². The summed E-state index contributed by atoms with van der Waals surface area (Å²) in [6.45, 7) is 5.32. The molecule has 90 valence electrons. The van der Waals surface area contributed by atoms with Crippen LogP contribution in [0.15, 0.2) is 12.2 Å². The molecule has 3 atom stereocenters. The van der Waals surface area contributed by atoms with Gasteiger partial charge in [0.15, 0.2) is 0 Å². The van der Waals surface area contributed by atoms with Crippen LogP contribution in [0.4, 0.5) is 0 Å². The average molecular weight is 220 g/mol. The van der Waals surface area contributed by atoms with E-state index >= 15 is 0 Å². The molecule has 0 aromatic carbocycles. The van der Waals surface area contributed by atoms with Gasteiger partial charge in [-0.3, -0.25) is 4.90 Å². The van der Waals surface area contributed by atoms with Gasteiger partial charge in [-0.25, -0.2) is 0 Å². The zero-order valence-corrected chi connectivity index (χ0v) is 10.4. The monoisotopic (exact) mass is 220 g/mol. The number of rotatable bonds is 1. The number of allylic oxidation sites excluding steroid dienone is 2. The maximum absolute atomic E-state index is 2.77. The van der Waals surface area contributed by atoms with Gasteiger partial charge in [0.2, 0.25) is 0 Å². The highest BCUT2D eigenvalue weighted by Gasteiger charge is 2.39. The molecule has 2 nitrogen and oxygen atoms in total. The topological polar surface area (TPSA) is 6.48 Å². The maximum atomic E-state index is 2.77. The van der Waals surface area contributed by atoms with Crippen LogP contribution < -0.4 is 0 Å². The number of hydrogen-bond donors (Lipinski definition) is 0. The van der Waals surface area contributed by atoms with E-state index < -0.39 is 0 Å². The van der Waals surface area contributed by atoms with E-state index in [1.54, 1.807) is 0 Å². The molecule has 2 fully saturated rings. The van der Waals surface area contributed by atoms with Crippen molar-refractivity contribution in [3.8, 4) is 0 Å². The van der Waals surface area contributed by atoms with Crippen molar-refractivity contribution in [3.63, 3.8) is 0 Å². The van der Waals surface area contributed by atoms with E-state index in [1.165, 1.54) is 51.9 Å². The van der Waals surface area contributed by atoms with Crippen LogP contribution in [0.2, 0.25) is 0 Å². The van der Waals surface area contributed by atoms with Crippen molar-refractivity contribution in [2.75, 3.05) is 33.2 Å². The fourth-order valence-corrected chi connectivity index (χ4v) is 3.96. The summed E-state index contributed by atoms with van der Waals surface area (Å²) in [6, 6.07) is 0.844. The van der Waals surface area contributed by atoms with Gasteiger partial charge >= 0.3 is 0 Å². The summed E-state index contributed by atoms with van der Waals surface area (Å²) in [4.78, 5) is 5.33. The molecule has 1 unspecified atom stereocenters. The van der Waals surface area contributed by atoms with E-state index in [1.807, 2.05) is 0 Å². The van der Waals surface area contributed by atoms with Gasteiger partial charge in [-0.15, -0.1) is 0 Å². The van der Waals surface area contributed by atoms with E-state index in [-0.39, 0.29) is 0 Å². The van der Waals surface area contributed by atoms with E-state index in [2.05, 4.69) is 29.0 Å². The lowest BCUT2D eigenvalue weighted by Gasteiger charge is -2.47. The van der Waals surface area contributed by atoms with E-state index in [0.29, 0.717) is 0 Å². The predicted molar refractivity (Wildman–Crippen MR) is 67.4 cm³/mol. The highest BCUT2D eigenvalue weighted by molar-refractivity contribution is 5.02. The first-order valence-corrected chi connectivity index (χ1v) is 6.92. The Morgan fingerprint density at radius 3 is 2.56 bits per heavy atom. The van der Waals surface area contributed by atoms with Crippen molar-refractivity contribution in [2.24, 2.45) is 11.8 Å². The number of piperidine rings is 1. The number of fused-ring (bicyclic) bond motifs is 1. The first-order chi connectivity index (χ1) is 7.84. The fraction of sp³-hybridized carbons (Fsp3) is 0.857. The van der Waals surface area contributed by atoms with Crippen molar-refractivity contribution >= 4 is 0 Å². The van der Waals surface area contributed by atoms with Crippen LogP contribution in [0.25, 0.3) is 0 Å². The molecular weight excluding hydrogens is 196 g/mol. The Bertz CT molecular complexity index is 268.